The summed E-state index contributed by atoms with van der Waals surface area (Å²) in [4.78, 5) is 13.1. The molecule has 0 aliphatic rings. The van der Waals surface area contributed by atoms with Crippen LogP contribution in [0.15, 0.2) is 45.8 Å². The first kappa shape index (κ1) is 16.9. The second-order valence-corrected chi connectivity index (χ2v) is 6.55. The Labute approximate surface area is 143 Å². The lowest BCUT2D eigenvalue weighted by molar-refractivity contribution is -0.118. The number of para-hydroxylation sites is 1. The molecule has 0 spiro atoms. The summed E-state index contributed by atoms with van der Waals surface area (Å²) in [5, 5.41) is 2.88. The molecule has 0 bridgehead atoms. The topological polar surface area (TPSA) is 38.3 Å². The molecule has 0 unspecified atom stereocenters. The van der Waals surface area contributed by atoms with Gasteiger partial charge in [-0.05, 0) is 55.5 Å². The molecule has 0 aliphatic carbocycles. The number of amides is 1. The Morgan fingerprint density at radius 2 is 1.86 bits per heavy atom. The number of halogens is 1. The number of nitrogens with one attached hydrogen (secondary N) is 1. The van der Waals surface area contributed by atoms with Gasteiger partial charge in [0, 0.05) is 9.37 Å². The molecule has 116 valence electrons. The number of ether oxygens (including phenoxy) is 1. The molecule has 3 nitrogen and oxygen atoms in total. The summed E-state index contributed by atoms with van der Waals surface area (Å²) in [6, 6.07) is 11.5. The monoisotopic (exact) mass is 379 g/mol. The zero-order valence-electron chi connectivity index (χ0n) is 12.8. The average Bonchev–Trinajstić information content (AvgIpc) is 2.51. The number of hydrogen-bond acceptors (Lipinski definition) is 3. The number of hydrogen-bond donors (Lipinski definition) is 1. The molecule has 5 heteroatoms. The number of carbonyl (C=O) groups excluding carboxylic acids is 1. The van der Waals surface area contributed by atoms with E-state index < -0.39 is 0 Å². The second-order valence-electron chi connectivity index (χ2n) is 4.91. The van der Waals surface area contributed by atoms with Gasteiger partial charge < -0.3 is 10.1 Å². The van der Waals surface area contributed by atoms with Gasteiger partial charge >= 0.3 is 0 Å². The number of benzene rings is 2. The smallest absolute Gasteiger partial charge is 0.262 e. The van der Waals surface area contributed by atoms with Crippen molar-refractivity contribution >= 4 is 39.3 Å². The Bertz CT molecular complexity index is 665. The molecule has 1 N–H and O–H groups in total. The summed E-state index contributed by atoms with van der Waals surface area (Å²) >= 11 is 5.11. The van der Waals surface area contributed by atoms with Crippen molar-refractivity contribution < 1.29 is 9.53 Å². The molecule has 0 fully saturated rings. The third kappa shape index (κ3) is 4.27. The maximum Gasteiger partial charge on any atom is 0.262 e. The molecule has 2 aromatic rings. The first-order valence-corrected chi connectivity index (χ1v) is 8.85. The van der Waals surface area contributed by atoms with Crippen LogP contribution >= 0.6 is 27.7 Å². The van der Waals surface area contributed by atoms with Crippen LogP contribution in [0.25, 0.3) is 0 Å². The number of carbonyl (C=O) groups is 1. The molecule has 22 heavy (non-hydrogen) atoms. The van der Waals surface area contributed by atoms with Gasteiger partial charge in [-0.3, -0.25) is 4.79 Å². The molecule has 0 saturated carbocycles. The SMILES string of the molecule is CSc1ccccc1NC(=O)COc1cc(C)c(Br)c(C)c1. The van der Waals surface area contributed by atoms with Crippen LogP contribution < -0.4 is 10.1 Å². The fourth-order valence-electron chi connectivity index (χ4n) is 2.07. The molecular formula is C17H18BrNO2S. The Balaban J connectivity index is 1.98. The second kappa shape index (κ2) is 7.70. The molecule has 0 aliphatic heterocycles. The first-order chi connectivity index (χ1) is 10.5. The quantitative estimate of drug-likeness (QED) is 0.757. The van der Waals surface area contributed by atoms with Crippen molar-refractivity contribution in [1.82, 2.24) is 0 Å². The van der Waals surface area contributed by atoms with Crippen LogP contribution in [0.4, 0.5) is 5.69 Å². The van der Waals surface area contributed by atoms with Gasteiger partial charge in [0.05, 0.1) is 5.69 Å². The van der Waals surface area contributed by atoms with E-state index in [0.717, 1.165) is 26.2 Å². The molecule has 0 heterocycles. The standard InChI is InChI=1S/C17H18BrNO2S/c1-11-8-13(9-12(2)17(11)18)21-10-16(20)19-14-6-4-5-7-15(14)22-3/h4-9H,10H2,1-3H3,(H,19,20). The highest BCUT2D eigenvalue weighted by atomic mass is 79.9. The summed E-state index contributed by atoms with van der Waals surface area (Å²) in [7, 11) is 0. The number of thioether (sulfide) groups is 1. The van der Waals surface area contributed by atoms with Crippen molar-refractivity contribution in [1.29, 1.82) is 0 Å². The molecule has 0 atom stereocenters. The van der Waals surface area contributed by atoms with Crippen molar-refractivity contribution in [2.45, 2.75) is 18.7 Å². The molecule has 2 rings (SSSR count). The van der Waals surface area contributed by atoms with Gasteiger partial charge in [0.25, 0.3) is 5.91 Å². The van der Waals surface area contributed by atoms with E-state index >= 15 is 0 Å². The molecule has 1 amide bonds. The number of aryl methyl sites for hydroxylation is 2. The van der Waals surface area contributed by atoms with Crippen LogP contribution in [0.1, 0.15) is 11.1 Å². The largest absolute Gasteiger partial charge is 0.484 e. The van der Waals surface area contributed by atoms with Crippen molar-refractivity contribution in [2.24, 2.45) is 0 Å². The highest BCUT2D eigenvalue weighted by Gasteiger charge is 2.08. The van der Waals surface area contributed by atoms with Crippen molar-refractivity contribution in [2.75, 3.05) is 18.2 Å². The summed E-state index contributed by atoms with van der Waals surface area (Å²) in [5.74, 6) is 0.534. The summed E-state index contributed by atoms with van der Waals surface area (Å²) in [6.07, 6.45) is 1.98. The lowest BCUT2D eigenvalue weighted by Gasteiger charge is -2.12. The maximum atomic E-state index is 12.0. The van der Waals surface area contributed by atoms with Crippen molar-refractivity contribution in [3.05, 3.63) is 52.0 Å². The molecule has 0 saturated heterocycles. The van der Waals surface area contributed by atoms with E-state index in [2.05, 4.69) is 21.2 Å². The van der Waals surface area contributed by atoms with Gasteiger partial charge in [0.2, 0.25) is 0 Å². The van der Waals surface area contributed by atoms with Gasteiger partial charge in [-0.15, -0.1) is 11.8 Å². The normalized spacial score (nSPS) is 10.4. The van der Waals surface area contributed by atoms with Crippen LogP contribution in [0, 0.1) is 13.8 Å². The third-order valence-electron chi connectivity index (χ3n) is 3.16. The summed E-state index contributed by atoms with van der Waals surface area (Å²) in [5.41, 5.74) is 2.98. The Hall–Kier alpha value is -1.46. The van der Waals surface area contributed by atoms with Gasteiger partial charge in [-0.1, -0.05) is 28.1 Å². The minimum Gasteiger partial charge on any atom is -0.484 e. The molecule has 2 aromatic carbocycles. The third-order valence-corrected chi connectivity index (χ3v) is 5.21. The van der Waals surface area contributed by atoms with Crippen LogP contribution in [0.3, 0.4) is 0 Å². The van der Waals surface area contributed by atoms with Gasteiger partial charge in [-0.25, -0.2) is 0 Å². The van der Waals surface area contributed by atoms with Crippen LogP contribution in [0.5, 0.6) is 5.75 Å². The Morgan fingerprint density at radius 3 is 2.50 bits per heavy atom. The fourth-order valence-corrected chi connectivity index (χ4v) is 2.86. The Morgan fingerprint density at radius 1 is 1.23 bits per heavy atom. The predicted molar refractivity (Wildman–Crippen MR) is 96.0 cm³/mol. The zero-order valence-corrected chi connectivity index (χ0v) is 15.2. The summed E-state index contributed by atoms with van der Waals surface area (Å²) in [6.45, 7) is 3.99. The fraction of sp³-hybridized carbons (Fsp3) is 0.235. The predicted octanol–water partition coefficient (Wildman–Crippen LogP) is 4.81. The maximum absolute atomic E-state index is 12.0. The summed E-state index contributed by atoms with van der Waals surface area (Å²) < 4.78 is 6.66. The van der Waals surface area contributed by atoms with Crippen molar-refractivity contribution in [3.8, 4) is 5.75 Å². The van der Waals surface area contributed by atoms with E-state index in [0.29, 0.717) is 5.75 Å². The molecule has 0 aromatic heterocycles. The first-order valence-electron chi connectivity index (χ1n) is 6.83. The average molecular weight is 380 g/mol. The number of anilines is 1. The Kier molecular flexibility index (Phi) is 5.91. The van der Waals surface area contributed by atoms with E-state index in [1.54, 1.807) is 11.8 Å². The van der Waals surface area contributed by atoms with Crippen LogP contribution in [0.2, 0.25) is 0 Å². The van der Waals surface area contributed by atoms with E-state index in [1.165, 1.54) is 0 Å². The van der Waals surface area contributed by atoms with Gasteiger partial charge in [0.1, 0.15) is 5.75 Å². The van der Waals surface area contributed by atoms with E-state index in [-0.39, 0.29) is 12.5 Å². The zero-order chi connectivity index (χ0) is 16.1. The minimum absolute atomic E-state index is 0.0107. The van der Waals surface area contributed by atoms with E-state index in [9.17, 15) is 4.79 Å². The molecular weight excluding hydrogens is 362 g/mol. The van der Waals surface area contributed by atoms with Crippen LogP contribution in [-0.4, -0.2) is 18.8 Å². The van der Waals surface area contributed by atoms with Crippen molar-refractivity contribution in [3.63, 3.8) is 0 Å². The highest BCUT2D eigenvalue weighted by Crippen LogP contribution is 2.27. The van der Waals surface area contributed by atoms with E-state index in [4.69, 9.17) is 4.74 Å². The van der Waals surface area contributed by atoms with Gasteiger partial charge in [-0.2, -0.15) is 0 Å². The lowest BCUT2D eigenvalue weighted by Crippen LogP contribution is -2.20. The minimum atomic E-state index is -0.167. The van der Waals surface area contributed by atoms with Gasteiger partial charge in [0.15, 0.2) is 6.61 Å². The lowest BCUT2D eigenvalue weighted by atomic mass is 10.1. The highest BCUT2D eigenvalue weighted by molar-refractivity contribution is 9.10. The van der Waals surface area contributed by atoms with Crippen LogP contribution in [-0.2, 0) is 4.79 Å². The van der Waals surface area contributed by atoms with E-state index in [1.807, 2.05) is 56.5 Å². The molecule has 0 radical (unpaired) electrons. The number of rotatable bonds is 5.